The fourth-order valence-corrected chi connectivity index (χ4v) is 2.64. The second-order valence-electron chi connectivity index (χ2n) is 5.43. The van der Waals surface area contributed by atoms with Crippen LogP contribution in [0.2, 0.25) is 0 Å². The Morgan fingerprint density at radius 3 is 2.37 bits per heavy atom. The summed E-state index contributed by atoms with van der Waals surface area (Å²) < 4.78 is 4.97. The first-order valence-corrected chi connectivity index (χ1v) is 7.69. The van der Waals surface area contributed by atoms with Gasteiger partial charge in [0.05, 0.1) is 6.61 Å². The molecule has 0 spiro atoms. The number of anilines is 1. The zero-order valence-corrected chi connectivity index (χ0v) is 13.3. The highest BCUT2D eigenvalue weighted by molar-refractivity contribution is 7.13. The minimum Gasteiger partial charge on any atom is -0.461 e. The molecule has 0 fully saturated rings. The Balaban J connectivity index is 2.81. The van der Waals surface area contributed by atoms with Crippen LogP contribution in [0.4, 0.5) is 5.13 Å². The Hall–Kier alpha value is -1.10. The second kappa shape index (κ2) is 7.48. The lowest BCUT2D eigenvalue weighted by Gasteiger charge is -2.25. The number of nitrogens with zero attached hydrogens (tertiary/aromatic N) is 2. The van der Waals surface area contributed by atoms with Gasteiger partial charge in [-0.25, -0.2) is 9.78 Å². The van der Waals surface area contributed by atoms with Crippen molar-refractivity contribution in [3.8, 4) is 0 Å². The van der Waals surface area contributed by atoms with E-state index in [9.17, 15) is 4.79 Å². The van der Waals surface area contributed by atoms with Crippen LogP contribution in [0.1, 0.15) is 45.1 Å². The molecule has 0 aliphatic heterocycles. The van der Waals surface area contributed by atoms with Gasteiger partial charge >= 0.3 is 5.97 Å². The molecule has 0 bridgehead atoms. The predicted octanol–water partition coefficient (Wildman–Crippen LogP) is 3.44. The largest absolute Gasteiger partial charge is 0.461 e. The molecule has 0 aromatic carbocycles. The van der Waals surface area contributed by atoms with E-state index in [-0.39, 0.29) is 5.97 Å². The van der Waals surface area contributed by atoms with E-state index in [1.54, 1.807) is 12.3 Å². The van der Waals surface area contributed by atoms with Crippen molar-refractivity contribution in [2.45, 2.75) is 34.6 Å². The average Bonchev–Trinajstić information content (AvgIpc) is 2.76. The minimum atomic E-state index is -0.334. The summed E-state index contributed by atoms with van der Waals surface area (Å²) in [4.78, 5) is 18.3. The minimum absolute atomic E-state index is 0.334. The first kappa shape index (κ1) is 16.0. The maximum atomic E-state index is 11.6. The van der Waals surface area contributed by atoms with E-state index in [0.717, 1.165) is 18.2 Å². The van der Waals surface area contributed by atoms with Gasteiger partial charge in [-0.2, -0.15) is 0 Å². The first-order valence-electron chi connectivity index (χ1n) is 6.81. The van der Waals surface area contributed by atoms with Gasteiger partial charge in [0.1, 0.15) is 0 Å². The summed E-state index contributed by atoms with van der Waals surface area (Å²) in [5.74, 6) is 0.793. The van der Waals surface area contributed by atoms with Crippen LogP contribution in [0, 0.1) is 11.8 Å². The van der Waals surface area contributed by atoms with Crippen LogP contribution in [0.15, 0.2) is 5.38 Å². The smallest absolute Gasteiger partial charge is 0.357 e. The SMILES string of the molecule is CCOC(=O)c1csc(N(CC(C)C)CC(C)C)n1. The van der Waals surface area contributed by atoms with Gasteiger partial charge in [-0.1, -0.05) is 27.7 Å². The summed E-state index contributed by atoms with van der Waals surface area (Å²) in [6.07, 6.45) is 0. The summed E-state index contributed by atoms with van der Waals surface area (Å²) in [5, 5.41) is 2.69. The van der Waals surface area contributed by atoms with Gasteiger partial charge in [0.2, 0.25) is 0 Å². The van der Waals surface area contributed by atoms with E-state index in [1.807, 2.05) is 0 Å². The number of aromatic nitrogens is 1. The topological polar surface area (TPSA) is 42.4 Å². The Morgan fingerprint density at radius 2 is 1.89 bits per heavy atom. The molecular formula is C14H24N2O2S. The van der Waals surface area contributed by atoms with Gasteiger partial charge in [-0.15, -0.1) is 11.3 Å². The molecule has 1 aromatic heterocycles. The van der Waals surface area contributed by atoms with Crippen LogP contribution in [-0.4, -0.2) is 30.6 Å². The molecule has 1 heterocycles. The van der Waals surface area contributed by atoms with Crippen LogP contribution in [0.3, 0.4) is 0 Å². The third-order valence-corrected chi connectivity index (χ3v) is 3.32. The van der Waals surface area contributed by atoms with Gasteiger partial charge in [0.15, 0.2) is 10.8 Å². The molecule has 0 unspecified atom stereocenters. The summed E-state index contributed by atoms with van der Waals surface area (Å²) in [5.41, 5.74) is 0.416. The number of carbonyl (C=O) groups is 1. The predicted molar refractivity (Wildman–Crippen MR) is 80.0 cm³/mol. The molecule has 0 radical (unpaired) electrons. The van der Waals surface area contributed by atoms with Crippen LogP contribution >= 0.6 is 11.3 Å². The molecule has 0 amide bonds. The number of ether oxygens (including phenoxy) is 1. The molecule has 0 atom stereocenters. The molecule has 0 aliphatic rings. The van der Waals surface area contributed by atoms with E-state index in [2.05, 4.69) is 37.6 Å². The highest BCUT2D eigenvalue weighted by Gasteiger charge is 2.17. The van der Waals surface area contributed by atoms with Crippen molar-refractivity contribution in [2.75, 3.05) is 24.6 Å². The molecule has 1 aromatic rings. The number of esters is 1. The van der Waals surface area contributed by atoms with Crippen molar-refractivity contribution in [1.29, 1.82) is 0 Å². The van der Waals surface area contributed by atoms with Crippen LogP contribution in [0.25, 0.3) is 0 Å². The van der Waals surface area contributed by atoms with Gasteiger partial charge < -0.3 is 9.64 Å². The van der Waals surface area contributed by atoms with Gasteiger partial charge in [-0.05, 0) is 18.8 Å². The number of hydrogen-bond acceptors (Lipinski definition) is 5. The summed E-state index contributed by atoms with van der Waals surface area (Å²) in [6, 6.07) is 0. The number of hydrogen-bond donors (Lipinski definition) is 0. The molecule has 1 rings (SSSR count). The molecule has 0 saturated heterocycles. The molecule has 108 valence electrons. The standard InChI is InChI=1S/C14H24N2O2S/c1-6-18-13(17)12-9-19-14(15-12)16(7-10(2)3)8-11(4)5/h9-11H,6-8H2,1-5H3. The van der Waals surface area contributed by atoms with Crippen molar-refractivity contribution in [3.63, 3.8) is 0 Å². The maximum absolute atomic E-state index is 11.6. The molecule has 0 aliphatic carbocycles. The zero-order chi connectivity index (χ0) is 14.4. The lowest BCUT2D eigenvalue weighted by atomic mass is 10.1. The Morgan fingerprint density at radius 1 is 1.32 bits per heavy atom. The third-order valence-electron chi connectivity index (χ3n) is 2.42. The van der Waals surface area contributed by atoms with Crippen molar-refractivity contribution >= 4 is 22.4 Å². The summed E-state index contributed by atoms with van der Waals surface area (Å²) in [6.45, 7) is 12.8. The normalized spacial score (nSPS) is 11.1. The lowest BCUT2D eigenvalue weighted by Crippen LogP contribution is -2.31. The monoisotopic (exact) mass is 284 g/mol. The fourth-order valence-electron chi connectivity index (χ4n) is 1.82. The second-order valence-corrected chi connectivity index (χ2v) is 6.27. The number of rotatable bonds is 7. The highest BCUT2D eigenvalue weighted by atomic mass is 32.1. The number of thiazole rings is 1. The van der Waals surface area contributed by atoms with Gasteiger partial charge in [-0.3, -0.25) is 0 Å². The molecular weight excluding hydrogens is 260 g/mol. The first-order chi connectivity index (χ1) is 8.93. The van der Waals surface area contributed by atoms with E-state index in [4.69, 9.17) is 4.74 Å². The van der Waals surface area contributed by atoms with Crippen LogP contribution in [0.5, 0.6) is 0 Å². The maximum Gasteiger partial charge on any atom is 0.357 e. The number of carbonyl (C=O) groups excluding carboxylic acids is 1. The van der Waals surface area contributed by atoms with E-state index < -0.39 is 0 Å². The van der Waals surface area contributed by atoms with Crippen molar-refractivity contribution < 1.29 is 9.53 Å². The summed E-state index contributed by atoms with van der Waals surface area (Å²) >= 11 is 1.51. The molecule has 4 nitrogen and oxygen atoms in total. The molecule has 5 heteroatoms. The van der Waals surface area contributed by atoms with Crippen LogP contribution in [-0.2, 0) is 4.74 Å². The van der Waals surface area contributed by atoms with E-state index >= 15 is 0 Å². The quantitative estimate of drug-likeness (QED) is 0.719. The van der Waals surface area contributed by atoms with Crippen molar-refractivity contribution in [2.24, 2.45) is 11.8 Å². The Bertz CT molecular complexity index is 392. The third kappa shape index (κ3) is 5.19. The Kier molecular flexibility index (Phi) is 6.28. The molecule has 0 N–H and O–H groups in total. The van der Waals surface area contributed by atoms with Crippen LogP contribution < -0.4 is 4.90 Å². The zero-order valence-electron chi connectivity index (χ0n) is 12.5. The van der Waals surface area contributed by atoms with Gasteiger partial charge in [0.25, 0.3) is 0 Å². The van der Waals surface area contributed by atoms with Crippen molar-refractivity contribution in [1.82, 2.24) is 4.98 Å². The summed E-state index contributed by atoms with van der Waals surface area (Å²) in [7, 11) is 0. The van der Waals surface area contributed by atoms with Crippen molar-refractivity contribution in [3.05, 3.63) is 11.1 Å². The fraction of sp³-hybridized carbons (Fsp3) is 0.714. The highest BCUT2D eigenvalue weighted by Crippen LogP contribution is 2.23. The lowest BCUT2D eigenvalue weighted by molar-refractivity contribution is 0.0520. The molecule has 0 saturated carbocycles. The van der Waals surface area contributed by atoms with E-state index in [0.29, 0.717) is 24.1 Å². The Labute approximate surface area is 119 Å². The average molecular weight is 284 g/mol. The molecule has 19 heavy (non-hydrogen) atoms. The van der Waals surface area contributed by atoms with E-state index in [1.165, 1.54) is 11.3 Å². The van der Waals surface area contributed by atoms with Gasteiger partial charge in [0, 0.05) is 18.5 Å².